The first-order valence-corrected chi connectivity index (χ1v) is 3.66. The summed E-state index contributed by atoms with van der Waals surface area (Å²) in [4.78, 5) is 4.21. The molecule has 0 amide bonds. The number of aromatic nitrogens is 3. The molecule has 12 heavy (non-hydrogen) atoms. The molecule has 2 rings (SSSR count). The summed E-state index contributed by atoms with van der Waals surface area (Å²) in [5, 5.41) is 7.66. The van der Waals surface area contributed by atoms with E-state index in [9.17, 15) is 0 Å². The molecule has 4 heteroatoms. The number of methoxy groups -OCH3 is 1. The average Bonchev–Trinajstić information content (AvgIpc) is 2.49. The van der Waals surface area contributed by atoms with Crippen molar-refractivity contribution >= 4 is 11.0 Å². The quantitative estimate of drug-likeness (QED) is 0.688. The van der Waals surface area contributed by atoms with Crippen molar-refractivity contribution in [3.63, 3.8) is 0 Å². The Morgan fingerprint density at radius 2 is 2.33 bits per heavy atom. The first-order valence-electron chi connectivity index (χ1n) is 3.66. The minimum absolute atomic E-state index is 0.645. The van der Waals surface area contributed by atoms with E-state index < -0.39 is 0 Å². The molecule has 0 unspecified atom stereocenters. The highest BCUT2D eigenvalue weighted by atomic mass is 16.5. The van der Waals surface area contributed by atoms with Crippen LogP contribution < -0.4 is 4.74 Å². The molecule has 2 aromatic rings. The van der Waals surface area contributed by atoms with E-state index in [1.165, 1.54) is 0 Å². The SMILES string of the molecule is COc1nc2[nH]ncc2cc1C. The van der Waals surface area contributed by atoms with Crippen molar-refractivity contribution in [1.29, 1.82) is 0 Å². The predicted octanol–water partition coefficient (Wildman–Crippen LogP) is 1.27. The fraction of sp³-hybridized carbons (Fsp3) is 0.250. The molecule has 0 aliphatic heterocycles. The third kappa shape index (κ3) is 0.922. The van der Waals surface area contributed by atoms with Gasteiger partial charge in [-0.1, -0.05) is 0 Å². The minimum atomic E-state index is 0.645. The van der Waals surface area contributed by atoms with Crippen LogP contribution in [0.25, 0.3) is 11.0 Å². The van der Waals surface area contributed by atoms with Crippen molar-refractivity contribution in [2.24, 2.45) is 0 Å². The summed E-state index contributed by atoms with van der Waals surface area (Å²) < 4.78 is 5.06. The van der Waals surface area contributed by atoms with Gasteiger partial charge in [-0.2, -0.15) is 10.1 Å². The number of hydrogen-bond donors (Lipinski definition) is 1. The molecule has 0 aromatic carbocycles. The number of hydrogen-bond acceptors (Lipinski definition) is 3. The Balaban J connectivity index is 2.73. The molecule has 0 aliphatic rings. The Kier molecular flexibility index (Phi) is 1.46. The van der Waals surface area contributed by atoms with Gasteiger partial charge in [0.15, 0.2) is 5.65 Å². The van der Waals surface area contributed by atoms with Crippen LogP contribution >= 0.6 is 0 Å². The Morgan fingerprint density at radius 3 is 3.08 bits per heavy atom. The van der Waals surface area contributed by atoms with Gasteiger partial charge < -0.3 is 4.74 Å². The van der Waals surface area contributed by atoms with Gasteiger partial charge in [0.25, 0.3) is 0 Å². The Morgan fingerprint density at radius 1 is 1.50 bits per heavy atom. The molecule has 4 nitrogen and oxygen atoms in total. The Hall–Kier alpha value is -1.58. The minimum Gasteiger partial charge on any atom is -0.481 e. The van der Waals surface area contributed by atoms with Gasteiger partial charge in [-0.05, 0) is 13.0 Å². The highest BCUT2D eigenvalue weighted by Crippen LogP contribution is 2.18. The predicted molar refractivity (Wildman–Crippen MR) is 45.2 cm³/mol. The lowest BCUT2D eigenvalue weighted by atomic mass is 10.2. The second-order valence-electron chi connectivity index (χ2n) is 2.62. The maximum atomic E-state index is 5.06. The topological polar surface area (TPSA) is 50.8 Å². The van der Waals surface area contributed by atoms with E-state index in [-0.39, 0.29) is 0 Å². The van der Waals surface area contributed by atoms with Crippen LogP contribution in [-0.2, 0) is 0 Å². The Bertz CT molecular complexity index is 408. The normalized spacial score (nSPS) is 10.5. The lowest BCUT2D eigenvalue weighted by Gasteiger charge is -2.01. The van der Waals surface area contributed by atoms with Crippen molar-refractivity contribution in [3.05, 3.63) is 17.8 Å². The van der Waals surface area contributed by atoms with Crippen molar-refractivity contribution in [1.82, 2.24) is 15.2 Å². The van der Waals surface area contributed by atoms with Gasteiger partial charge in [0, 0.05) is 10.9 Å². The number of nitrogens with zero attached hydrogens (tertiary/aromatic N) is 2. The van der Waals surface area contributed by atoms with Gasteiger partial charge in [-0.3, -0.25) is 5.10 Å². The van der Waals surface area contributed by atoms with E-state index in [2.05, 4.69) is 15.2 Å². The van der Waals surface area contributed by atoms with Crippen LogP contribution in [0, 0.1) is 6.92 Å². The second kappa shape index (κ2) is 2.48. The van der Waals surface area contributed by atoms with Crippen LogP contribution in [0.2, 0.25) is 0 Å². The summed E-state index contributed by atoms with van der Waals surface area (Å²) in [6, 6.07) is 1.99. The van der Waals surface area contributed by atoms with Crippen LogP contribution in [0.5, 0.6) is 5.88 Å². The molecule has 1 N–H and O–H groups in total. The Labute approximate surface area is 69.6 Å². The van der Waals surface area contributed by atoms with Gasteiger partial charge in [0.1, 0.15) is 0 Å². The van der Waals surface area contributed by atoms with Gasteiger partial charge in [-0.25, -0.2) is 0 Å². The molecule has 0 saturated carbocycles. The number of rotatable bonds is 1. The number of nitrogens with one attached hydrogen (secondary N) is 1. The number of pyridine rings is 1. The summed E-state index contributed by atoms with van der Waals surface area (Å²) in [5.41, 5.74) is 1.78. The van der Waals surface area contributed by atoms with Crippen LogP contribution in [-0.4, -0.2) is 22.3 Å². The molecule has 2 heterocycles. The third-order valence-electron chi connectivity index (χ3n) is 1.76. The van der Waals surface area contributed by atoms with Crippen LogP contribution in [0.1, 0.15) is 5.56 Å². The summed E-state index contributed by atoms with van der Waals surface area (Å²) in [6.07, 6.45) is 1.74. The van der Waals surface area contributed by atoms with Gasteiger partial charge >= 0.3 is 0 Å². The van der Waals surface area contributed by atoms with E-state index in [4.69, 9.17) is 4.74 Å². The molecular formula is C8H9N3O. The summed E-state index contributed by atoms with van der Waals surface area (Å²) in [5.74, 6) is 0.645. The first kappa shape index (κ1) is 7.09. The highest BCUT2D eigenvalue weighted by Gasteiger charge is 2.03. The molecule has 0 spiro atoms. The van der Waals surface area contributed by atoms with Crippen molar-refractivity contribution in [2.75, 3.05) is 7.11 Å². The average molecular weight is 163 g/mol. The van der Waals surface area contributed by atoms with Crippen molar-refractivity contribution in [2.45, 2.75) is 6.92 Å². The zero-order chi connectivity index (χ0) is 8.55. The number of H-pyrrole nitrogens is 1. The van der Waals surface area contributed by atoms with Crippen LogP contribution in [0.15, 0.2) is 12.3 Å². The van der Waals surface area contributed by atoms with Gasteiger partial charge in [0.2, 0.25) is 5.88 Å². The van der Waals surface area contributed by atoms with Crippen molar-refractivity contribution < 1.29 is 4.74 Å². The number of fused-ring (bicyclic) bond motifs is 1. The van der Waals surface area contributed by atoms with Gasteiger partial charge in [-0.15, -0.1) is 0 Å². The molecular weight excluding hydrogens is 154 g/mol. The molecule has 62 valence electrons. The number of aromatic amines is 1. The molecule has 0 aliphatic carbocycles. The first-order chi connectivity index (χ1) is 5.81. The molecule has 0 atom stereocenters. The van der Waals surface area contributed by atoms with Crippen LogP contribution in [0.4, 0.5) is 0 Å². The van der Waals surface area contributed by atoms with E-state index >= 15 is 0 Å². The largest absolute Gasteiger partial charge is 0.481 e. The highest BCUT2D eigenvalue weighted by molar-refractivity contribution is 5.75. The maximum Gasteiger partial charge on any atom is 0.218 e. The molecule has 0 fully saturated rings. The maximum absolute atomic E-state index is 5.06. The molecule has 0 radical (unpaired) electrons. The van der Waals surface area contributed by atoms with Crippen LogP contribution in [0.3, 0.4) is 0 Å². The lowest BCUT2D eigenvalue weighted by molar-refractivity contribution is 0.396. The smallest absolute Gasteiger partial charge is 0.218 e. The number of ether oxygens (including phenoxy) is 1. The molecule has 0 bridgehead atoms. The fourth-order valence-corrected chi connectivity index (χ4v) is 1.18. The summed E-state index contributed by atoms with van der Waals surface area (Å²) >= 11 is 0. The van der Waals surface area contributed by atoms with Crippen molar-refractivity contribution in [3.8, 4) is 5.88 Å². The van der Waals surface area contributed by atoms with E-state index in [1.54, 1.807) is 13.3 Å². The monoisotopic (exact) mass is 163 g/mol. The van der Waals surface area contributed by atoms with Gasteiger partial charge in [0.05, 0.1) is 13.3 Å². The lowest BCUT2D eigenvalue weighted by Crippen LogP contribution is -1.91. The molecule has 2 aromatic heterocycles. The summed E-state index contributed by atoms with van der Waals surface area (Å²) in [6.45, 7) is 1.96. The number of aryl methyl sites for hydroxylation is 1. The molecule has 0 saturated heterocycles. The standard InChI is InChI=1S/C8H9N3O/c1-5-3-6-4-9-11-7(6)10-8(5)12-2/h3-4H,1-2H3,(H,9,10,11). The zero-order valence-corrected chi connectivity index (χ0v) is 6.96. The zero-order valence-electron chi connectivity index (χ0n) is 6.96. The van der Waals surface area contributed by atoms with E-state index in [0.29, 0.717) is 5.88 Å². The van der Waals surface area contributed by atoms with E-state index in [1.807, 2.05) is 13.0 Å². The van der Waals surface area contributed by atoms with E-state index in [0.717, 1.165) is 16.6 Å². The summed E-state index contributed by atoms with van der Waals surface area (Å²) in [7, 11) is 1.61. The second-order valence-corrected chi connectivity index (χ2v) is 2.62. The fourth-order valence-electron chi connectivity index (χ4n) is 1.18. The third-order valence-corrected chi connectivity index (χ3v) is 1.76.